The van der Waals surface area contributed by atoms with Crippen LogP contribution in [0.5, 0.6) is 0 Å². The van der Waals surface area contributed by atoms with E-state index in [1.807, 2.05) is 36.1 Å². The van der Waals surface area contributed by atoms with Crippen LogP contribution in [0.25, 0.3) is 5.57 Å². The number of rotatable bonds is 3. The second-order valence-electron chi connectivity index (χ2n) is 6.61. The van der Waals surface area contributed by atoms with E-state index in [-0.39, 0.29) is 11.8 Å². The van der Waals surface area contributed by atoms with E-state index in [2.05, 4.69) is 0 Å². The van der Waals surface area contributed by atoms with Gasteiger partial charge in [0.25, 0.3) is 11.8 Å². The quantitative estimate of drug-likeness (QED) is 0.764. The van der Waals surface area contributed by atoms with Crippen molar-refractivity contribution in [3.8, 4) is 0 Å². The van der Waals surface area contributed by atoms with E-state index in [0.29, 0.717) is 48.3 Å². The maximum atomic E-state index is 13.3. The first-order valence-electron chi connectivity index (χ1n) is 8.84. The van der Waals surface area contributed by atoms with Gasteiger partial charge in [0.15, 0.2) is 0 Å². The van der Waals surface area contributed by atoms with Crippen LogP contribution in [0.4, 0.5) is 5.69 Å². The summed E-state index contributed by atoms with van der Waals surface area (Å²) in [5.41, 5.74) is 3.18. The summed E-state index contributed by atoms with van der Waals surface area (Å²) in [5.74, 6) is -0.646. The van der Waals surface area contributed by atoms with Gasteiger partial charge in [-0.1, -0.05) is 47.5 Å². The summed E-state index contributed by atoms with van der Waals surface area (Å²) in [7, 11) is 0. The number of halogens is 1. The van der Waals surface area contributed by atoms with Crippen molar-refractivity contribution in [2.24, 2.45) is 0 Å². The molecule has 2 aliphatic heterocycles. The number of ether oxygens (including phenoxy) is 1. The lowest BCUT2D eigenvalue weighted by Gasteiger charge is -2.29. The van der Waals surface area contributed by atoms with Crippen LogP contribution in [0.1, 0.15) is 11.1 Å². The molecule has 2 heterocycles. The maximum absolute atomic E-state index is 13.3. The van der Waals surface area contributed by atoms with E-state index in [9.17, 15) is 9.59 Å². The first-order chi connectivity index (χ1) is 13.1. The minimum Gasteiger partial charge on any atom is -0.378 e. The molecule has 0 bridgehead atoms. The summed E-state index contributed by atoms with van der Waals surface area (Å²) in [6.45, 7) is 4.20. The average molecular weight is 383 g/mol. The van der Waals surface area contributed by atoms with Crippen LogP contribution in [0.2, 0.25) is 5.02 Å². The number of hydrogen-bond donors (Lipinski definition) is 0. The van der Waals surface area contributed by atoms with E-state index < -0.39 is 0 Å². The van der Waals surface area contributed by atoms with Crippen LogP contribution in [0, 0.1) is 6.92 Å². The average Bonchev–Trinajstić information content (AvgIpc) is 2.93. The topological polar surface area (TPSA) is 49.9 Å². The largest absolute Gasteiger partial charge is 0.378 e. The van der Waals surface area contributed by atoms with Gasteiger partial charge >= 0.3 is 0 Å². The lowest BCUT2D eigenvalue weighted by atomic mass is 10.0. The highest BCUT2D eigenvalue weighted by molar-refractivity contribution is 6.45. The highest BCUT2D eigenvalue weighted by atomic mass is 35.5. The minimum absolute atomic E-state index is 0.320. The third kappa shape index (κ3) is 3.24. The highest BCUT2D eigenvalue weighted by Crippen LogP contribution is 2.35. The van der Waals surface area contributed by atoms with Crippen molar-refractivity contribution in [1.29, 1.82) is 0 Å². The van der Waals surface area contributed by atoms with Gasteiger partial charge in [-0.15, -0.1) is 0 Å². The van der Waals surface area contributed by atoms with Gasteiger partial charge in [0.2, 0.25) is 0 Å². The van der Waals surface area contributed by atoms with Gasteiger partial charge in [-0.2, -0.15) is 0 Å². The normalized spacial score (nSPS) is 17.9. The molecule has 4 rings (SSSR count). The number of nitrogens with zero attached hydrogens (tertiary/aromatic N) is 2. The number of benzene rings is 2. The van der Waals surface area contributed by atoms with Crippen LogP contribution in [-0.4, -0.2) is 43.0 Å². The number of anilines is 1. The summed E-state index contributed by atoms with van der Waals surface area (Å²) < 4.78 is 5.41. The Morgan fingerprint density at radius 2 is 1.67 bits per heavy atom. The Morgan fingerprint density at radius 1 is 0.963 bits per heavy atom. The Hall–Kier alpha value is -2.63. The van der Waals surface area contributed by atoms with Crippen molar-refractivity contribution in [3.63, 3.8) is 0 Å². The zero-order chi connectivity index (χ0) is 19.0. The molecule has 0 atom stereocenters. The molecule has 1 saturated heterocycles. The molecule has 0 spiro atoms. The number of imide groups is 1. The molecule has 138 valence electrons. The van der Waals surface area contributed by atoms with Crippen molar-refractivity contribution in [1.82, 2.24) is 4.90 Å². The van der Waals surface area contributed by atoms with Crippen LogP contribution in [0.15, 0.2) is 54.2 Å². The molecule has 0 aromatic heterocycles. The smallest absolute Gasteiger partial charge is 0.282 e. The Bertz CT molecular complexity index is 931. The lowest BCUT2D eigenvalue weighted by Crippen LogP contribution is -2.40. The number of carbonyl (C=O) groups is 2. The summed E-state index contributed by atoms with van der Waals surface area (Å²) in [6.07, 6.45) is 0. The minimum atomic E-state index is -0.326. The van der Waals surface area contributed by atoms with E-state index in [1.165, 1.54) is 4.90 Å². The van der Waals surface area contributed by atoms with Gasteiger partial charge < -0.3 is 9.64 Å². The molecule has 5 nitrogen and oxygen atoms in total. The second-order valence-corrected chi connectivity index (χ2v) is 7.05. The molecule has 2 aliphatic rings. The Morgan fingerprint density at radius 3 is 2.33 bits per heavy atom. The zero-order valence-electron chi connectivity index (χ0n) is 14.9. The van der Waals surface area contributed by atoms with Crippen molar-refractivity contribution in [3.05, 3.63) is 70.4 Å². The molecule has 1 fully saturated rings. The molecule has 0 saturated carbocycles. The fourth-order valence-electron chi connectivity index (χ4n) is 3.43. The third-order valence-corrected chi connectivity index (χ3v) is 5.03. The summed E-state index contributed by atoms with van der Waals surface area (Å²) in [5, 5.41) is 0.477. The van der Waals surface area contributed by atoms with Crippen LogP contribution >= 0.6 is 11.6 Å². The van der Waals surface area contributed by atoms with Crippen LogP contribution in [0.3, 0.4) is 0 Å². The Labute approximate surface area is 162 Å². The van der Waals surface area contributed by atoms with E-state index in [4.69, 9.17) is 16.3 Å². The third-order valence-electron chi connectivity index (χ3n) is 4.79. The molecule has 2 amide bonds. The first kappa shape index (κ1) is 17.8. The summed E-state index contributed by atoms with van der Waals surface area (Å²) in [6, 6.07) is 14.5. The van der Waals surface area contributed by atoms with Gasteiger partial charge in [-0.3, -0.25) is 9.59 Å². The van der Waals surface area contributed by atoms with Crippen molar-refractivity contribution in [2.45, 2.75) is 6.92 Å². The fraction of sp³-hybridized carbons (Fsp3) is 0.238. The molecule has 27 heavy (non-hydrogen) atoms. The van der Waals surface area contributed by atoms with Gasteiger partial charge in [0.1, 0.15) is 5.70 Å². The number of morpholine rings is 1. The number of carbonyl (C=O) groups excluding carboxylic acids is 2. The standard InChI is InChI=1S/C21H19ClN2O3/c1-14-5-7-15(8-6-14)18-19(23-9-11-27-12-10-23)21(26)24(20(18)25)17-4-2-3-16(22)13-17/h2-8,13H,9-12H2,1H3. The Balaban J connectivity index is 1.83. The molecule has 2 aromatic carbocycles. The summed E-state index contributed by atoms with van der Waals surface area (Å²) in [4.78, 5) is 29.8. The zero-order valence-corrected chi connectivity index (χ0v) is 15.7. The first-order valence-corrected chi connectivity index (χ1v) is 9.22. The predicted molar refractivity (Wildman–Crippen MR) is 104 cm³/mol. The van der Waals surface area contributed by atoms with Crippen molar-refractivity contribution < 1.29 is 14.3 Å². The van der Waals surface area contributed by atoms with Crippen molar-refractivity contribution >= 4 is 34.7 Å². The van der Waals surface area contributed by atoms with E-state index >= 15 is 0 Å². The SMILES string of the molecule is Cc1ccc(C2=C(N3CCOCC3)C(=O)N(c3cccc(Cl)c3)C2=O)cc1. The molecule has 0 N–H and O–H groups in total. The predicted octanol–water partition coefficient (Wildman–Crippen LogP) is 3.27. The maximum Gasteiger partial charge on any atom is 0.282 e. The number of amides is 2. The van der Waals surface area contributed by atoms with Crippen molar-refractivity contribution in [2.75, 3.05) is 31.2 Å². The second kappa shape index (κ2) is 7.18. The molecule has 2 aromatic rings. The van der Waals surface area contributed by atoms with Gasteiger partial charge in [0, 0.05) is 18.1 Å². The molecule has 0 radical (unpaired) electrons. The highest BCUT2D eigenvalue weighted by Gasteiger charge is 2.42. The van der Waals surface area contributed by atoms with Gasteiger partial charge in [-0.05, 0) is 30.7 Å². The lowest BCUT2D eigenvalue weighted by molar-refractivity contribution is -0.121. The fourth-order valence-corrected chi connectivity index (χ4v) is 3.61. The molecule has 6 heteroatoms. The molecule has 0 aliphatic carbocycles. The number of aryl methyl sites for hydroxylation is 1. The van der Waals surface area contributed by atoms with E-state index in [1.54, 1.807) is 24.3 Å². The number of hydrogen-bond acceptors (Lipinski definition) is 4. The summed E-state index contributed by atoms with van der Waals surface area (Å²) >= 11 is 6.08. The molecule has 0 unspecified atom stereocenters. The molecular formula is C21H19ClN2O3. The molecular weight excluding hydrogens is 364 g/mol. The van der Waals surface area contributed by atoms with Crippen LogP contribution in [-0.2, 0) is 14.3 Å². The Kier molecular flexibility index (Phi) is 4.72. The van der Waals surface area contributed by atoms with Gasteiger partial charge in [0.05, 0.1) is 24.5 Å². The monoisotopic (exact) mass is 382 g/mol. The van der Waals surface area contributed by atoms with E-state index in [0.717, 1.165) is 11.1 Å². The van der Waals surface area contributed by atoms with Gasteiger partial charge in [-0.25, -0.2) is 4.90 Å². The van der Waals surface area contributed by atoms with Crippen LogP contribution < -0.4 is 4.90 Å².